The minimum absolute atomic E-state index is 0.759. The molecule has 66 valence electrons. The lowest BCUT2D eigenvalue weighted by molar-refractivity contribution is 0.531. The summed E-state index contributed by atoms with van der Waals surface area (Å²) in [6, 6.07) is 5.00. The largest absolute Gasteiger partial charge is 0.350 e. The average molecular weight is 181 g/mol. The van der Waals surface area contributed by atoms with Gasteiger partial charge in [0.1, 0.15) is 0 Å². The molecule has 0 saturated heterocycles. The fourth-order valence-corrected chi connectivity index (χ4v) is 3.08. The molecule has 1 aliphatic carbocycles. The van der Waals surface area contributed by atoms with E-state index in [-0.39, 0.29) is 0 Å². The molecule has 0 spiro atoms. The van der Waals surface area contributed by atoms with Crippen molar-refractivity contribution in [3.8, 4) is 0 Å². The molecule has 0 amide bonds. The van der Waals surface area contributed by atoms with Crippen molar-refractivity contribution < 1.29 is 0 Å². The van der Waals surface area contributed by atoms with Crippen molar-refractivity contribution in [1.82, 2.24) is 4.57 Å². The van der Waals surface area contributed by atoms with Gasteiger partial charge >= 0.3 is 0 Å². The van der Waals surface area contributed by atoms with Gasteiger partial charge in [-0.2, -0.15) is 11.8 Å². The Morgan fingerprint density at radius 2 is 2.00 bits per heavy atom. The van der Waals surface area contributed by atoms with Gasteiger partial charge in [-0.25, -0.2) is 0 Å². The van der Waals surface area contributed by atoms with Gasteiger partial charge in [0.25, 0.3) is 0 Å². The predicted molar refractivity (Wildman–Crippen MR) is 54.6 cm³/mol. The third-order valence-corrected chi connectivity index (χ3v) is 3.89. The Balaban J connectivity index is 2.13. The van der Waals surface area contributed by atoms with Crippen LogP contribution < -0.4 is 0 Å². The van der Waals surface area contributed by atoms with E-state index in [1.54, 1.807) is 0 Å². The van der Waals surface area contributed by atoms with Gasteiger partial charge < -0.3 is 4.57 Å². The lowest BCUT2D eigenvalue weighted by Gasteiger charge is -2.19. The third-order valence-electron chi connectivity index (χ3n) is 2.73. The summed E-state index contributed by atoms with van der Waals surface area (Å²) in [7, 11) is 0. The highest BCUT2D eigenvalue weighted by Gasteiger charge is 2.26. The number of aromatic nitrogens is 1. The summed E-state index contributed by atoms with van der Waals surface area (Å²) in [6.45, 7) is 0. The van der Waals surface area contributed by atoms with Crippen LogP contribution >= 0.6 is 11.8 Å². The van der Waals surface area contributed by atoms with Crippen molar-refractivity contribution >= 4 is 11.8 Å². The molecular weight excluding hydrogens is 166 g/mol. The molecule has 1 aliphatic rings. The Bertz CT molecular complexity index is 230. The first-order valence-electron chi connectivity index (χ1n) is 4.57. The van der Waals surface area contributed by atoms with E-state index in [0.717, 1.165) is 11.3 Å². The molecule has 0 radical (unpaired) electrons. The molecule has 0 bridgehead atoms. The zero-order chi connectivity index (χ0) is 8.39. The first kappa shape index (κ1) is 8.24. The summed E-state index contributed by atoms with van der Waals surface area (Å²) < 4.78 is 2.37. The Kier molecular flexibility index (Phi) is 2.45. The van der Waals surface area contributed by atoms with Gasteiger partial charge in [0.15, 0.2) is 0 Å². The van der Waals surface area contributed by atoms with E-state index in [1.165, 1.54) is 19.3 Å². The van der Waals surface area contributed by atoms with Crippen LogP contribution in [0.3, 0.4) is 0 Å². The number of rotatable bonds is 2. The van der Waals surface area contributed by atoms with E-state index in [2.05, 4.69) is 35.3 Å². The Labute approximate surface area is 78.2 Å². The van der Waals surface area contributed by atoms with Crippen molar-refractivity contribution in [3.63, 3.8) is 0 Å². The van der Waals surface area contributed by atoms with Crippen LogP contribution in [0.1, 0.15) is 25.3 Å². The second kappa shape index (κ2) is 3.56. The lowest BCUT2D eigenvalue weighted by Crippen LogP contribution is -2.13. The molecule has 1 aromatic heterocycles. The van der Waals surface area contributed by atoms with E-state index >= 15 is 0 Å². The second-order valence-electron chi connectivity index (χ2n) is 3.40. The smallest absolute Gasteiger partial charge is 0.0449 e. The molecule has 1 saturated carbocycles. The lowest BCUT2D eigenvalue weighted by atomic mass is 10.2. The van der Waals surface area contributed by atoms with Crippen molar-refractivity contribution in [1.29, 1.82) is 0 Å². The molecule has 12 heavy (non-hydrogen) atoms. The summed E-state index contributed by atoms with van der Waals surface area (Å²) in [4.78, 5) is 0. The summed E-state index contributed by atoms with van der Waals surface area (Å²) in [5.41, 5.74) is 0. The first-order valence-corrected chi connectivity index (χ1v) is 5.86. The zero-order valence-electron chi connectivity index (χ0n) is 7.44. The minimum atomic E-state index is 0.759. The minimum Gasteiger partial charge on any atom is -0.350 e. The number of nitrogens with zero attached hydrogens (tertiary/aromatic N) is 1. The summed E-state index contributed by atoms with van der Waals surface area (Å²) in [5, 5.41) is 0.845. The Hall–Kier alpha value is -0.370. The molecule has 1 nitrogen and oxygen atoms in total. The SMILES string of the molecule is CSC1CCCC1n1cccc1. The van der Waals surface area contributed by atoms with Crippen LogP contribution in [0.5, 0.6) is 0 Å². The maximum atomic E-state index is 2.37. The van der Waals surface area contributed by atoms with Crippen molar-refractivity contribution in [2.75, 3.05) is 6.26 Å². The van der Waals surface area contributed by atoms with Gasteiger partial charge in [0.2, 0.25) is 0 Å². The molecule has 2 rings (SSSR count). The van der Waals surface area contributed by atoms with E-state index in [0.29, 0.717) is 0 Å². The molecule has 2 unspecified atom stereocenters. The highest BCUT2D eigenvalue weighted by molar-refractivity contribution is 7.99. The molecule has 2 heteroatoms. The monoisotopic (exact) mass is 181 g/mol. The number of hydrogen-bond donors (Lipinski definition) is 0. The van der Waals surface area contributed by atoms with Gasteiger partial charge in [-0.15, -0.1) is 0 Å². The molecule has 2 atom stereocenters. The van der Waals surface area contributed by atoms with Crippen LogP contribution in [0.15, 0.2) is 24.5 Å². The van der Waals surface area contributed by atoms with Crippen LogP contribution in [0.2, 0.25) is 0 Å². The standard InChI is InChI=1S/C10H15NS/c1-12-10-6-4-5-9(10)11-7-2-3-8-11/h2-3,7-10H,4-6H2,1H3. The molecule has 0 N–H and O–H groups in total. The van der Waals surface area contributed by atoms with Crippen molar-refractivity contribution in [3.05, 3.63) is 24.5 Å². The Morgan fingerprint density at radius 1 is 1.25 bits per heavy atom. The summed E-state index contributed by atoms with van der Waals surface area (Å²) in [6.07, 6.45) is 10.8. The van der Waals surface area contributed by atoms with E-state index in [9.17, 15) is 0 Å². The normalized spacial score (nSPS) is 29.4. The summed E-state index contributed by atoms with van der Waals surface area (Å²) >= 11 is 2.02. The average Bonchev–Trinajstić information content (AvgIpc) is 2.74. The first-order chi connectivity index (χ1) is 5.92. The van der Waals surface area contributed by atoms with Crippen LogP contribution in [0.25, 0.3) is 0 Å². The zero-order valence-corrected chi connectivity index (χ0v) is 8.26. The fraction of sp³-hybridized carbons (Fsp3) is 0.600. The molecule has 1 aromatic rings. The molecular formula is C10H15NS. The van der Waals surface area contributed by atoms with Crippen molar-refractivity contribution in [2.45, 2.75) is 30.6 Å². The van der Waals surface area contributed by atoms with E-state index < -0.39 is 0 Å². The highest BCUT2D eigenvalue weighted by atomic mass is 32.2. The molecule has 1 fully saturated rings. The Morgan fingerprint density at radius 3 is 2.67 bits per heavy atom. The quantitative estimate of drug-likeness (QED) is 0.679. The second-order valence-corrected chi connectivity index (χ2v) is 4.48. The van der Waals surface area contributed by atoms with Crippen LogP contribution in [-0.2, 0) is 0 Å². The topological polar surface area (TPSA) is 4.93 Å². The van der Waals surface area contributed by atoms with Crippen molar-refractivity contribution in [2.24, 2.45) is 0 Å². The third kappa shape index (κ3) is 1.40. The maximum absolute atomic E-state index is 2.37. The number of hydrogen-bond acceptors (Lipinski definition) is 1. The van der Waals surface area contributed by atoms with Gasteiger partial charge in [0, 0.05) is 23.7 Å². The molecule has 1 heterocycles. The summed E-state index contributed by atoms with van der Waals surface area (Å²) in [5.74, 6) is 0. The van der Waals surface area contributed by atoms with Crippen LogP contribution in [0.4, 0.5) is 0 Å². The van der Waals surface area contributed by atoms with Crippen LogP contribution in [-0.4, -0.2) is 16.1 Å². The predicted octanol–water partition coefficient (Wildman–Crippen LogP) is 2.94. The maximum Gasteiger partial charge on any atom is 0.0449 e. The van der Waals surface area contributed by atoms with E-state index in [4.69, 9.17) is 0 Å². The van der Waals surface area contributed by atoms with Gasteiger partial charge in [-0.1, -0.05) is 6.42 Å². The van der Waals surface area contributed by atoms with Gasteiger partial charge in [-0.05, 0) is 31.2 Å². The fourth-order valence-electron chi connectivity index (χ4n) is 2.09. The highest BCUT2D eigenvalue weighted by Crippen LogP contribution is 2.37. The van der Waals surface area contributed by atoms with Gasteiger partial charge in [0.05, 0.1) is 0 Å². The van der Waals surface area contributed by atoms with Gasteiger partial charge in [-0.3, -0.25) is 0 Å². The molecule has 0 aromatic carbocycles. The van der Waals surface area contributed by atoms with Crippen LogP contribution in [0, 0.1) is 0 Å². The molecule has 0 aliphatic heterocycles. The number of thioether (sulfide) groups is 1. The van der Waals surface area contributed by atoms with E-state index in [1.807, 2.05) is 11.8 Å².